The second-order valence-electron chi connectivity index (χ2n) is 5.56. The SMILES string of the molecule is CCCc1cc2ccc(C(C)C)cc2[s+]1C(F)(F)F.F[B-](F)(F)F. The molecule has 1 unspecified atom stereocenters. The first-order chi connectivity index (χ1) is 10.8. The van der Waals surface area contributed by atoms with E-state index in [1.165, 1.54) is 0 Å². The highest BCUT2D eigenvalue weighted by molar-refractivity contribution is 7.38. The quantitative estimate of drug-likeness (QED) is 0.298. The molecule has 0 fully saturated rings. The van der Waals surface area contributed by atoms with Crippen LogP contribution < -0.4 is 0 Å². The van der Waals surface area contributed by atoms with Crippen molar-refractivity contribution in [2.24, 2.45) is 0 Å². The third-order valence-electron chi connectivity index (χ3n) is 3.23. The summed E-state index contributed by atoms with van der Waals surface area (Å²) in [6.07, 6.45) is 1.27. The van der Waals surface area contributed by atoms with Crippen molar-refractivity contribution in [2.75, 3.05) is 0 Å². The van der Waals surface area contributed by atoms with Crippen LogP contribution >= 0.6 is 10.5 Å². The van der Waals surface area contributed by atoms with Gasteiger partial charge in [0, 0.05) is 23.9 Å². The molecule has 0 radical (unpaired) electrons. The zero-order valence-corrected chi connectivity index (χ0v) is 14.2. The number of thiophene rings is 1. The molecule has 2 aromatic rings. The number of halogens is 7. The van der Waals surface area contributed by atoms with E-state index < -0.39 is 23.2 Å². The molecule has 1 heterocycles. The summed E-state index contributed by atoms with van der Waals surface area (Å²) >= 11 is 0. The lowest BCUT2D eigenvalue weighted by Crippen LogP contribution is -2.02. The van der Waals surface area contributed by atoms with E-state index in [2.05, 4.69) is 0 Å². The van der Waals surface area contributed by atoms with Crippen LogP contribution in [0.5, 0.6) is 0 Å². The smallest absolute Gasteiger partial charge is 0.418 e. The molecule has 0 amide bonds. The molecule has 0 saturated heterocycles. The summed E-state index contributed by atoms with van der Waals surface area (Å²) in [7, 11) is -7.72. The number of rotatable bonds is 3. The fraction of sp³-hybridized carbons (Fsp3) is 0.467. The van der Waals surface area contributed by atoms with Gasteiger partial charge in [0.05, 0.1) is 10.5 Å². The van der Waals surface area contributed by atoms with Crippen molar-refractivity contribution in [2.45, 2.75) is 45.0 Å². The van der Waals surface area contributed by atoms with Gasteiger partial charge in [-0.3, -0.25) is 0 Å². The van der Waals surface area contributed by atoms with Gasteiger partial charge in [-0.15, -0.1) is 13.2 Å². The minimum Gasteiger partial charge on any atom is -0.418 e. The maximum Gasteiger partial charge on any atom is 0.673 e. The van der Waals surface area contributed by atoms with Gasteiger partial charge in [-0.1, -0.05) is 26.8 Å². The fourth-order valence-electron chi connectivity index (χ4n) is 2.27. The summed E-state index contributed by atoms with van der Waals surface area (Å²) in [6.45, 7) is 5.92. The van der Waals surface area contributed by atoms with Crippen molar-refractivity contribution >= 4 is 27.8 Å². The van der Waals surface area contributed by atoms with Crippen molar-refractivity contribution < 1.29 is 30.4 Å². The molecular formula is C15H18BF7S. The molecule has 1 aromatic carbocycles. The second kappa shape index (κ2) is 7.76. The van der Waals surface area contributed by atoms with E-state index in [-0.39, 0.29) is 5.92 Å². The van der Waals surface area contributed by atoms with Gasteiger partial charge in [-0.25, -0.2) is 0 Å². The molecule has 1 atom stereocenters. The molecular weight excluding hydrogens is 356 g/mol. The normalized spacial score (nSPS) is 13.2. The van der Waals surface area contributed by atoms with E-state index in [9.17, 15) is 30.4 Å². The molecule has 0 aliphatic heterocycles. The van der Waals surface area contributed by atoms with Gasteiger partial charge in [0.15, 0.2) is 9.58 Å². The van der Waals surface area contributed by atoms with Crippen molar-refractivity contribution in [3.8, 4) is 0 Å². The molecule has 2 rings (SSSR count). The summed E-state index contributed by atoms with van der Waals surface area (Å²) < 4.78 is 79.4. The van der Waals surface area contributed by atoms with E-state index in [4.69, 9.17) is 0 Å². The zero-order chi connectivity index (χ0) is 18.7. The minimum atomic E-state index is -6.00. The van der Waals surface area contributed by atoms with Crippen LogP contribution in [0.25, 0.3) is 10.1 Å². The number of benzene rings is 1. The Morgan fingerprint density at radius 3 is 2.00 bits per heavy atom. The fourth-order valence-corrected chi connectivity index (χ4v) is 4.37. The summed E-state index contributed by atoms with van der Waals surface area (Å²) in [6, 6.07) is 7.25. The maximum absolute atomic E-state index is 13.3. The van der Waals surface area contributed by atoms with Gasteiger partial charge >= 0.3 is 12.8 Å². The van der Waals surface area contributed by atoms with Crippen molar-refractivity contribution in [3.63, 3.8) is 0 Å². The average Bonchev–Trinajstić information content (AvgIpc) is 2.73. The molecule has 1 aromatic heterocycles. The molecule has 9 heteroatoms. The highest BCUT2D eigenvalue weighted by Crippen LogP contribution is 2.51. The molecule has 0 aliphatic carbocycles. The van der Waals surface area contributed by atoms with Crippen LogP contribution in [-0.4, -0.2) is 7.25 Å². The molecule has 0 bridgehead atoms. The lowest BCUT2D eigenvalue weighted by atomic mass is 10.0. The third-order valence-corrected chi connectivity index (χ3v) is 5.33. The number of aryl methyl sites for hydroxylation is 1. The highest BCUT2D eigenvalue weighted by atomic mass is 32.2. The monoisotopic (exact) mass is 374 g/mol. The predicted octanol–water partition coefficient (Wildman–Crippen LogP) is 7.44. The first-order valence-electron chi connectivity index (χ1n) is 7.37. The highest BCUT2D eigenvalue weighted by Gasteiger charge is 2.47. The van der Waals surface area contributed by atoms with Gasteiger partial charge < -0.3 is 17.3 Å². The average molecular weight is 374 g/mol. The maximum atomic E-state index is 13.3. The Hall–Kier alpha value is -1.25. The van der Waals surface area contributed by atoms with Crippen LogP contribution in [0.1, 0.15) is 43.6 Å². The van der Waals surface area contributed by atoms with Crippen LogP contribution in [0.2, 0.25) is 0 Å². The number of hydrogen-bond donors (Lipinski definition) is 0. The van der Waals surface area contributed by atoms with Gasteiger partial charge in [-0.05, 0) is 24.0 Å². The Morgan fingerprint density at radius 1 is 1.04 bits per heavy atom. The topological polar surface area (TPSA) is 0 Å². The predicted molar refractivity (Wildman–Crippen MR) is 86.0 cm³/mol. The summed E-state index contributed by atoms with van der Waals surface area (Å²) in [5.74, 6) is 0.249. The molecule has 24 heavy (non-hydrogen) atoms. The number of hydrogen-bond acceptors (Lipinski definition) is 0. The van der Waals surface area contributed by atoms with Gasteiger partial charge in [-0.2, -0.15) is 0 Å². The van der Waals surface area contributed by atoms with Crippen LogP contribution in [0, 0.1) is 0 Å². The molecule has 0 saturated carbocycles. The Morgan fingerprint density at radius 2 is 1.58 bits per heavy atom. The van der Waals surface area contributed by atoms with E-state index >= 15 is 0 Å². The molecule has 0 spiro atoms. The van der Waals surface area contributed by atoms with Crippen LogP contribution in [0.4, 0.5) is 30.4 Å². The lowest BCUT2D eigenvalue weighted by Gasteiger charge is -2.04. The van der Waals surface area contributed by atoms with Crippen LogP contribution in [0.15, 0.2) is 24.3 Å². The Labute approximate surface area is 138 Å². The van der Waals surface area contributed by atoms with E-state index in [0.717, 1.165) is 17.4 Å². The van der Waals surface area contributed by atoms with Gasteiger partial charge in [0.2, 0.25) is 0 Å². The Bertz CT molecular complexity index is 665. The first-order valence-corrected chi connectivity index (χ1v) is 8.60. The van der Waals surface area contributed by atoms with Crippen LogP contribution in [0.3, 0.4) is 0 Å². The molecule has 136 valence electrons. The summed E-state index contributed by atoms with van der Waals surface area (Å²) in [5, 5.41) is 0.744. The van der Waals surface area contributed by atoms with Crippen LogP contribution in [-0.2, 0) is 11.9 Å². The third kappa shape index (κ3) is 6.00. The number of alkyl halides is 3. The number of fused-ring (bicyclic) bond motifs is 1. The van der Waals surface area contributed by atoms with E-state index in [0.29, 0.717) is 16.0 Å². The van der Waals surface area contributed by atoms with Gasteiger partial charge in [0.1, 0.15) is 0 Å². The van der Waals surface area contributed by atoms with Crippen molar-refractivity contribution in [1.82, 2.24) is 0 Å². The largest absolute Gasteiger partial charge is 0.673 e. The summed E-state index contributed by atoms with van der Waals surface area (Å²) in [5.41, 5.74) is -3.19. The Kier molecular flexibility index (Phi) is 6.72. The molecule has 0 nitrogen and oxygen atoms in total. The van der Waals surface area contributed by atoms with Crippen molar-refractivity contribution in [1.29, 1.82) is 0 Å². The van der Waals surface area contributed by atoms with E-state index in [1.54, 1.807) is 12.1 Å². The van der Waals surface area contributed by atoms with E-state index in [1.807, 2.05) is 32.9 Å². The lowest BCUT2D eigenvalue weighted by molar-refractivity contribution is -0.0867. The standard InChI is InChI=1S/C15H18F3S.BF4/c1-4-5-13-8-12-7-6-11(10(2)3)9-14(12)19(13)15(16,17)18;2-1(3,4)5/h6-10H,4-5H2,1-3H3;/q+1;-1. The summed E-state index contributed by atoms with van der Waals surface area (Å²) in [4.78, 5) is 0.533. The minimum absolute atomic E-state index is 0.249. The Balaban J connectivity index is 0.000000505. The molecule has 0 N–H and O–H groups in total. The second-order valence-corrected chi connectivity index (χ2v) is 7.60. The van der Waals surface area contributed by atoms with Gasteiger partial charge in [0.25, 0.3) is 0 Å². The van der Waals surface area contributed by atoms with Crippen molar-refractivity contribution in [3.05, 3.63) is 34.7 Å². The molecule has 0 aliphatic rings. The first kappa shape index (κ1) is 20.8. The zero-order valence-electron chi connectivity index (χ0n) is 13.4.